The Morgan fingerprint density at radius 3 is 2.43 bits per heavy atom. The summed E-state index contributed by atoms with van der Waals surface area (Å²) in [5, 5.41) is 4.73. The van der Waals surface area contributed by atoms with Gasteiger partial charge in [0.25, 0.3) is 0 Å². The molecule has 0 aliphatic heterocycles. The molecule has 1 N–H and O–H groups in total. The number of benzene rings is 3. The third-order valence-corrected chi connectivity index (χ3v) is 5.69. The summed E-state index contributed by atoms with van der Waals surface area (Å²) in [6.07, 6.45) is 1.08. The molecule has 3 aromatic rings. The highest BCUT2D eigenvalue weighted by molar-refractivity contribution is 7.92. The van der Waals surface area contributed by atoms with Gasteiger partial charge in [0.05, 0.1) is 19.1 Å². The molecule has 146 valence electrons. The summed E-state index contributed by atoms with van der Waals surface area (Å²) in [5.41, 5.74) is 0.997. The molecule has 6 nitrogen and oxygen atoms in total. The predicted molar refractivity (Wildman–Crippen MR) is 112 cm³/mol. The summed E-state index contributed by atoms with van der Waals surface area (Å²) in [4.78, 5) is 12.9. The maximum atomic E-state index is 12.9. The highest BCUT2D eigenvalue weighted by Crippen LogP contribution is 2.27. The van der Waals surface area contributed by atoms with Crippen LogP contribution in [-0.2, 0) is 14.8 Å². The summed E-state index contributed by atoms with van der Waals surface area (Å²) < 4.78 is 31.2. The van der Waals surface area contributed by atoms with Crippen LogP contribution in [0.15, 0.2) is 66.7 Å². The van der Waals surface area contributed by atoms with Crippen LogP contribution < -0.4 is 14.4 Å². The molecule has 0 saturated carbocycles. The van der Waals surface area contributed by atoms with Crippen LogP contribution in [0, 0.1) is 0 Å². The van der Waals surface area contributed by atoms with Crippen molar-refractivity contribution in [3.8, 4) is 5.75 Å². The fourth-order valence-corrected chi connectivity index (χ4v) is 4.29. The second-order valence-corrected chi connectivity index (χ2v) is 8.31. The number of carbonyl (C=O) groups excluding carboxylic acids is 1. The Labute approximate surface area is 164 Å². The third-order valence-electron chi connectivity index (χ3n) is 4.44. The van der Waals surface area contributed by atoms with Crippen LogP contribution in [0.25, 0.3) is 10.8 Å². The minimum Gasteiger partial charge on any atom is -0.497 e. The number of carbonyl (C=O) groups is 1. The highest BCUT2D eigenvalue weighted by atomic mass is 32.2. The zero-order chi connectivity index (χ0) is 20.3. The van der Waals surface area contributed by atoms with E-state index in [2.05, 4.69) is 5.32 Å². The van der Waals surface area contributed by atoms with Gasteiger partial charge in [-0.05, 0) is 30.5 Å². The van der Waals surface area contributed by atoms with Crippen molar-refractivity contribution in [2.45, 2.75) is 13.0 Å². The van der Waals surface area contributed by atoms with E-state index in [1.54, 1.807) is 37.3 Å². The molecule has 0 heterocycles. The Balaban J connectivity index is 1.94. The van der Waals surface area contributed by atoms with Crippen molar-refractivity contribution in [1.29, 1.82) is 0 Å². The second kappa shape index (κ2) is 7.90. The van der Waals surface area contributed by atoms with Gasteiger partial charge in [-0.2, -0.15) is 0 Å². The van der Waals surface area contributed by atoms with E-state index >= 15 is 0 Å². The summed E-state index contributed by atoms with van der Waals surface area (Å²) in [6.45, 7) is 1.56. The first-order valence-corrected chi connectivity index (χ1v) is 10.6. The number of nitrogens with one attached hydrogen (secondary N) is 1. The lowest BCUT2D eigenvalue weighted by Crippen LogP contribution is -2.45. The third kappa shape index (κ3) is 4.09. The number of anilines is 2. The van der Waals surface area contributed by atoms with Crippen molar-refractivity contribution >= 4 is 38.1 Å². The first kappa shape index (κ1) is 19.7. The standard InChI is InChI=1S/C21H22N2O4S/c1-15(23(28(3,25)26)17-10-7-11-18(14-17)27-2)21(24)22-20-13-6-9-16-8-4-5-12-19(16)20/h4-15H,1-3H3,(H,22,24)/t15-/m0/s1. The molecule has 28 heavy (non-hydrogen) atoms. The van der Waals surface area contributed by atoms with Crippen LogP contribution in [0.4, 0.5) is 11.4 Å². The molecule has 0 unspecified atom stereocenters. The van der Waals surface area contributed by atoms with Gasteiger partial charge < -0.3 is 10.1 Å². The maximum Gasteiger partial charge on any atom is 0.248 e. The molecule has 0 aromatic heterocycles. The number of hydrogen-bond donors (Lipinski definition) is 1. The highest BCUT2D eigenvalue weighted by Gasteiger charge is 2.29. The van der Waals surface area contributed by atoms with Crippen molar-refractivity contribution in [1.82, 2.24) is 0 Å². The molecule has 1 amide bonds. The fraction of sp³-hybridized carbons (Fsp3) is 0.190. The first-order chi connectivity index (χ1) is 13.3. The van der Waals surface area contributed by atoms with Crippen molar-refractivity contribution in [3.63, 3.8) is 0 Å². The van der Waals surface area contributed by atoms with Gasteiger partial charge in [0.15, 0.2) is 0 Å². The van der Waals surface area contributed by atoms with Crippen LogP contribution in [0.5, 0.6) is 5.75 Å². The van der Waals surface area contributed by atoms with E-state index in [1.807, 2.05) is 36.4 Å². The molecule has 0 saturated heterocycles. The smallest absolute Gasteiger partial charge is 0.248 e. The van der Waals surface area contributed by atoms with E-state index in [9.17, 15) is 13.2 Å². The van der Waals surface area contributed by atoms with E-state index in [-0.39, 0.29) is 0 Å². The summed E-state index contributed by atoms with van der Waals surface area (Å²) >= 11 is 0. The van der Waals surface area contributed by atoms with Gasteiger partial charge in [0.1, 0.15) is 11.8 Å². The van der Waals surface area contributed by atoms with E-state index in [4.69, 9.17) is 4.74 Å². The van der Waals surface area contributed by atoms with Crippen LogP contribution in [0.2, 0.25) is 0 Å². The molecule has 1 atom stereocenters. The number of nitrogens with zero attached hydrogens (tertiary/aromatic N) is 1. The molecule has 3 aromatic carbocycles. The van der Waals surface area contributed by atoms with Crippen molar-refractivity contribution in [3.05, 3.63) is 66.7 Å². The van der Waals surface area contributed by atoms with E-state index in [0.29, 0.717) is 17.1 Å². The minimum absolute atomic E-state index is 0.363. The lowest BCUT2D eigenvalue weighted by Gasteiger charge is -2.28. The van der Waals surface area contributed by atoms with Gasteiger partial charge >= 0.3 is 0 Å². The second-order valence-electron chi connectivity index (χ2n) is 6.45. The molecule has 0 aliphatic rings. The Morgan fingerprint density at radius 1 is 1.04 bits per heavy atom. The first-order valence-electron chi connectivity index (χ1n) is 8.73. The van der Waals surface area contributed by atoms with Crippen LogP contribution in [-0.4, -0.2) is 33.7 Å². The normalized spacial score (nSPS) is 12.4. The van der Waals surface area contributed by atoms with Gasteiger partial charge in [-0.15, -0.1) is 0 Å². The zero-order valence-corrected chi connectivity index (χ0v) is 16.7. The number of methoxy groups -OCH3 is 1. The maximum absolute atomic E-state index is 12.9. The van der Waals surface area contributed by atoms with Crippen molar-refractivity contribution in [2.75, 3.05) is 23.0 Å². The largest absolute Gasteiger partial charge is 0.497 e. The van der Waals surface area contributed by atoms with Crippen molar-refractivity contribution in [2.24, 2.45) is 0 Å². The zero-order valence-electron chi connectivity index (χ0n) is 15.9. The lowest BCUT2D eigenvalue weighted by molar-refractivity contribution is -0.116. The minimum atomic E-state index is -3.71. The average molecular weight is 398 g/mol. The van der Waals surface area contributed by atoms with Gasteiger partial charge in [-0.3, -0.25) is 9.10 Å². The quantitative estimate of drug-likeness (QED) is 0.688. The van der Waals surface area contributed by atoms with Crippen LogP contribution in [0.3, 0.4) is 0 Å². The molecular weight excluding hydrogens is 376 g/mol. The van der Waals surface area contributed by atoms with Crippen LogP contribution in [0.1, 0.15) is 6.92 Å². The predicted octanol–water partition coefficient (Wildman–Crippen LogP) is 3.64. The molecule has 0 spiro atoms. The summed E-state index contributed by atoms with van der Waals surface area (Å²) in [6, 6.07) is 18.9. The molecule has 0 aliphatic carbocycles. The monoisotopic (exact) mass is 398 g/mol. The number of amides is 1. The molecule has 0 radical (unpaired) electrons. The topological polar surface area (TPSA) is 75.7 Å². The lowest BCUT2D eigenvalue weighted by atomic mass is 10.1. The molecular formula is C21H22N2O4S. The Morgan fingerprint density at radius 2 is 1.71 bits per heavy atom. The van der Waals surface area contributed by atoms with Crippen molar-refractivity contribution < 1.29 is 17.9 Å². The molecule has 0 bridgehead atoms. The molecule has 0 fully saturated rings. The fourth-order valence-electron chi connectivity index (χ4n) is 3.13. The number of rotatable bonds is 6. The Kier molecular flexibility index (Phi) is 5.56. The van der Waals surface area contributed by atoms with Gasteiger partial charge in [-0.25, -0.2) is 8.42 Å². The number of fused-ring (bicyclic) bond motifs is 1. The SMILES string of the molecule is COc1cccc(N([C@@H](C)C(=O)Nc2cccc3ccccc23)S(C)(=O)=O)c1. The van der Waals surface area contributed by atoms with Gasteiger partial charge in [-0.1, -0.05) is 42.5 Å². The van der Waals surface area contributed by atoms with E-state index in [1.165, 1.54) is 7.11 Å². The summed E-state index contributed by atoms with van der Waals surface area (Å²) in [5.74, 6) is 0.0809. The molecule has 3 rings (SSSR count). The number of sulfonamides is 1. The molecule has 7 heteroatoms. The number of hydrogen-bond acceptors (Lipinski definition) is 4. The van der Waals surface area contributed by atoms with E-state index in [0.717, 1.165) is 21.3 Å². The van der Waals surface area contributed by atoms with Gasteiger partial charge in [0, 0.05) is 17.1 Å². The van der Waals surface area contributed by atoms with Crippen LogP contribution >= 0.6 is 0 Å². The Bertz CT molecular complexity index is 1110. The Hall–Kier alpha value is -3.06. The number of ether oxygens (including phenoxy) is 1. The average Bonchev–Trinajstić information content (AvgIpc) is 2.67. The van der Waals surface area contributed by atoms with Gasteiger partial charge in [0.2, 0.25) is 15.9 Å². The summed E-state index contributed by atoms with van der Waals surface area (Å²) in [7, 11) is -2.20. The van der Waals surface area contributed by atoms with E-state index < -0.39 is 22.0 Å².